The van der Waals surface area contributed by atoms with Gasteiger partial charge in [0.05, 0.1) is 16.2 Å². The summed E-state index contributed by atoms with van der Waals surface area (Å²) < 4.78 is 6.79. The summed E-state index contributed by atoms with van der Waals surface area (Å²) >= 11 is 1.62. The number of amides is 1. The van der Waals surface area contributed by atoms with E-state index in [1.807, 2.05) is 25.1 Å². The van der Waals surface area contributed by atoms with Gasteiger partial charge in [-0.1, -0.05) is 17.4 Å². The first kappa shape index (κ1) is 23.3. The molecule has 9 nitrogen and oxygen atoms in total. The Morgan fingerprint density at radius 2 is 1.83 bits per heavy atom. The lowest BCUT2D eigenvalue weighted by atomic mass is 10.1. The molecule has 35 heavy (non-hydrogen) atoms. The Morgan fingerprint density at radius 3 is 2.54 bits per heavy atom. The predicted molar refractivity (Wildman–Crippen MR) is 138 cm³/mol. The summed E-state index contributed by atoms with van der Waals surface area (Å²) in [7, 11) is 0. The summed E-state index contributed by atoms with van der Waals surface area (Å²) in [6.45, 7) is 6.56. The van der Waals surface area contributed by atoms with Gasteiger partial charge >= 0.3 is 0 Å². The molecule has 3 aromatic rings. The van der Waals surface area contributed by atoms with E-state index in [1.54, 1.807) is 28.4 Å². The fourth-order valence-electron chi connectivity index (χ4n) is 4.81. The average Bonchev–Trinajstić information content (AvgIpc) is 3.34. The number of piperazine rings is 1. The third-order valence-electron chi connectivity index (χ3n) is 6.62. The number of rotatable bonds is 6. The van der Waals surface area contributed by atoms with Crippen LogP contribution in [-0.4, -0.2) is 66.6 Å². The van der Waals surface area contributed by atoms with Crippen molar-refractivity contribution in [2.75, 3.05) is 55.7 Å². The Balaban J connectivity index is 1.28. The summed E-state index contributed by atoms with van der Waals surface area (Å²) in [6, 6.07) is 10.9. The predicted octanol–water partition coefficient (Wildman–Crippen LogP) is 4.56. The van der Waals surface area contributed by atoms with E-state index in [4.69, 9.17) is 9.72 Å². The largest absolute Gasteiger partial charge is 0.492 e. The molecule has 0 spiro atoms. The minimum atomic E-state index is -0.373. The van der Waals surface area contributed by atoms with Crippen LogP contribution in [0.3, 0.4) is 0 Å². The van der Waals surface area contributed by atoms with Crippen molar-refractivity contribution in [2.24, 2.45) is 0 Å². The molecule has 10 heteroatoms. The Bertz CT molecular complexity index is 1230. The molecule has 1 amide bonds. The van der Waals surface area contributed by atoms with Crippen molar-refractivity contribution in [2.45, 2.75) is 26.2 Å². The number of fused-ring (bicyclic) bond motifs is 1. The van der Waals surface area contributed by atoms with Gasteiger partial charge in [-0.3, -0.25) is 14.9 Å². The van der Waals surface area contributed by atoms with E-state index in [2.05, 4.69) is 9.80 Å². The number of thiazole rings is 1. The maximum Gasteiger partial charge on any atom is 0.293 e. The molecule has 2 aliphatic heterocycles. The summed E-state index contributed by atoms with van der Waals surface area (Å²) in [4.78, 5) is 35.4. The van der Waals surface area contributed by atoms with Crippen LogP contribution in [0.1, 0.15) is 36.5 Å². The zero-order chi connectivity index (χ0) is 24.4. The van der Waals surface area contributed by atoms with Gasteiger partial charge in [-0.25, -0.2) is 4.98 Å². The molecule has 5 rings (SSSR count). The lowest BCUT2D eigenvalue weighted by molar-refractivity contribution is -0.384. The van der Waals surface area contributed by atoms with Crippen LogP contribution in [0, 0.1) is 10.1 Å². The minimum absolute atomic E-state index is 0.0102. The van der Waals surface area contributed by atoms with Gasteiger partial charge < -0.3 is 19.4 Å². The molecule has 0 saturated carbocycles. The first-order valence-corrected chi connectivity index (χ1v) is 13.0. The summed E-state index contributed by atoms with van der Waals surface area (Å²) in [5.74, 6) is 0.622. The standard InChI is InChI=1S/C25H29N5O4S/c1-2-34-21-7-6-8-22-23(21)26-25(35-22)29-15-13-28(14-16-29)24(31)18-9-10-19(20(17-18)30(32)33)27-11-4-3-5-12-27/h6-10,17H,2-5,11-16H2,1H3. The van der Waals surface area contributed by atoms with Gasteiger partial charge in [-0.05, 0) is 50.5 Å². The molecule has 0 radical (unpaired) electrons. The summed E-state index contributed by atoms with van der Waals surface area (Å²) in [6.07, 6.45) is 3.21. The zero-order valence-electron chi connectivity index (χ0n) is 19.8. The number of para-hydroxylation sites is 1. The van der Waals surface area contributed by atoms with Crippen molar-refractivity contribution >= 4 is 44.0 Å². The van der Waals surface area contributed by atoms with Crippen LogP contribution >= 0.6 is 11.3 Å². The van der Waals surface area contributed by atoms with Crippen LogP contribution in [0.25, 0.3) is 10.2 Å². The number of carbonyl (C=O) groups is 1. The number of hydrogen-bond donors (Lipinski definition) is 0. The van der Waals surface area contributed by atoms with Crippen LogP contribution in [0.15, 0.2) is 36.4 Å². The van der Waals surface area contributed by atoms with E-state index < -0.39 is 0 Å². The number of piperidine rings is 1. The second-order valence-corrected chi connectivity index (χ2v) is 9.83. The third kappa shape index (κ3) is 4.75. The molecule has 1 aromatic heterocycles. The molecule has 2 aromatic carbocycles. The van der Waals surface area contributed by atoms with Crippen LogP contribution in [0.4, 0.5) is 16.5 Å². The molecule has 0 N–H and O–H groups in total. The fraction of sp³-hybridized carbons (Fsp3) is 0.440. The third-order valence-corrected chi connectivity index (χ3v) is 7.71. The molecule has 2 aliphatic rings. The molecular weight excluding hydrogens is 466 g/mol. The van der Waals surface area contributed by atoms with Crippen LogP contribution in [0.2, 0.25) is 0 Å². The SMILES string of the molecule is CCOc1cccc2sc(N3CCN(C(=O)c4ccc(N5CCCCC5)c([N+](=O)[O-])c4)CC3)nc12. The lowest BCUT2D eigenvalue weighted by Gasteiger charge is -2.34. The molecule has 0 bridgehead atoms. The van der Waals surface area contributed by atoms with Crippen molar-refractivity contribution in [1.82, 2.24) is 9.88 Å². The number of nitrogens with zero attached hydrogens (tertiary/aromatic N) is 5. The Kier molecular flexibility index (Phi) is 6.72. The number of ether oxygens (including phenoxy) is 1. The van der Waals surface area contributed by atoms with Crippen LogP contribution < -0.4 is 14.5 Å². The fourth-order valence-corrected chi connectivity index (χ4v) is 5.84. The van der Waals surface area contributed by atoms with Crippen molar-refractivity contribution in [1.29, 1.82) is 0 Å². The molecule has 2 fully saturated rings. The van der Waals surface area contributed by atoms with Crippen molar-refractivity contribution in [3.8, 4) is 5.75 Å². The first-order chi connectivity index (χ1) is 17.0. The van der Waals surface area contributed by atoms with Gasteiger partial charge in [0.15, 0.2) is 5.13 Å². The van der Waals surface area contributed by atoms with E-state index in [0.717, 1.165) is 53.4 Å². The average molecular weight is 496 g/mol. The van der Waals surface area contributed by atoms with E-state index >= 15 is 0 Å². The quantitative estimate of drug-likeness (QED) is 0.366. The summed E-state index contributed by atoms with van der Waals surface area (Å²) in [5.41, 5.74) is 1.86. The molecule has 3 heterocycles. The number of carbonyl (C=O) groups excluding carboxylic acids is 1. The van der Waals surface area contributed by atoms with Gasteiger partial charge in [0, 0.05) is 50.9 Å². The van der Waals surface area contributed by atoms with Gasteiger partial charge in [0.25, 0.3) is 11.6 Å². The van der Waals surface area contributed by atoms with Gasteiger partial charge in [-0.2, -0.15) is 0 Å². The highest BCUT2D eigenvalue weighted by atomic mass is 32.1. The maximum atomic E-state index is 13.2. The molecule has 0 unspecified atom stereocenters. The second kappa shape index (κ2) is 10.1. The van der Waals surface area contributed by atoms with Crippen LogP contribution in [-0.2, 0) is 0 Å². The lowest BCUT2D eigenvalue weighted by Crippen LogP contribution is -2.48. The van der Waals surface area contributed by atoms with Crippen molar-refractivity contribution in [3.05, 3.63) is 52.1 Å². The Labute approximate surface area is 208 Å². The Morgan fingerprint density at radius 1 is 1.06 bits per heavy atom. The molecule has 184 valence electrons. The Hall–Kier alpha value is -3.40. The second-order valence-electron chi connectivity index (χ2n) is 8.82. The number of nitro benzene ring substituents is 1. The molecule has 0 atom stereocenters. The number of nitro groups is 1. The van der Waals surface area contributed by atoms with Gasteiger partial charge in [0.1, 0.15) is 17.0 Å². The number of benzene rings is 2. The highest BCUT2D eigenvalue weighted by Crippen LogP contribution is 2.35. The molecule has 0 aliphatic carbocycles. The highest BCUT2D eigenvalue weighted by Gasteiger charge is 2.27. The van der Waals surface area contributed by atoms with E-state index in [0.29, 0.717) is 44.0 Å². The van der Waals surface area contributed by atoms with Crippen molar-refractivity contribution < 1.29 is 14.5 Å². The number of aromatic nitrogens is 1. The maximum absolute atomic E-state index is 13.2. The monoisotopic (exact) mass is 495 g/mol. The number of anilines is 2. The molecular formula is C25H29N5O4S. The van der Waals surface area contributed by atoms with Crippen molar-refractivity contribution in [3.63, 3.8) is 0 Å². The van der Waals surface area contributed by atoms with E-state index in [1.165, 1.54) is 6.07 Å². The smallest absolute Gasteiger partial charge is 0.293 e. The highest BCUT2D eigenvalue weighted by molar-refractivity contribution is 7.22. The van der Waals surface area contributed by atoms with E-state index in [-0.39, 0.29) is 16.5 Å². The van der Waals surface area contributed by atoms with Crippen LogP contribution in [0.5, 0.6) is 5.75 Å². The van der Waals surface area contributed by atoms with Gasteiger partial charge in [-0.15, -0.1) is 0 Å². The van der Waals surface area contributed by atoms with Gasteiger partial charge in [0.2, 0.25) is 0 Å². The number of hydrogen-bond acceptors (Lipinski definition) is 8. The first-order valence-electron chi connectivity index (χ1n) is 12.1. The zero-order valence-corrected chi connectivity index (χ0v) is 20.6. The normalized spacial score (nSPS) is 16.5. The minimum Gasteiger partial charge on any atom is -0.492 e. The molecule has 2 saturated heterocycles. The summed E-state index contributed by atoms with van der Waals surface area (Å²) in [5, 5.41) is 12.7. The topological polar surface area (TPSA) is 92.0 Å². The van der Waals surface area contributed by atoms with E-state index in [9.17, 15) is 14.9 Å².